The molecule has 1 unspecified atom stereocenters. The van der Waals surface area contributed by atoms with Gasteiger partial charge in [0.15, 0.2) is 0 Å². The monoisotopic (exact) mass is 295 g/mol. The molecule has 0 aliphatic heterocycles. The van der Waals surface area contributed by atoms with Crippen LogP contribution in [0.4, 0.5) is 0 Å². The smallest absolute Gasteiger partial charge is 0.124 e. The molecule has 0 bridgehead atoms. The van der Waals surface area contributed by atoms with Crippen molar-refractivity contribution in [1.82, 2.24) is 4.90 Å². The Morgan fingerprint density at radius 1 is 1.24 bits per heavy atom. The van der Waals surface area contributed by atoms with Gasteiger partial charge in [-0.15, -0.1) is 0 Å². The largest absolute Gasteiger partial charge is 0.497 e. The number of rotatable bonds is 9. The van der Waals surface area contributed by atoms with Crippen molar-refractivity contribution >= 4 is 0 Å². The molecule has 5 heteroatoms. The third kappa shape index (κ3) is 4.33. The van der Waals surface area contributed by atoms with Crippen molar-refractivity contribution < 1.29 is 19.3 Å². The van der Waals surface area contributed by atoms with E-state index in [1.807, 2.05) is 18.2 Å². The second-order valence-corrected chi connectivity index (χ2v) is 5.34. The van der Waals surface area contributed by atoms with Gasteiger partial charge in [0.05, 0.1) is 26.9 Å². The van der Waals surface area contributed by atoms with Crippen molar-refractivity contribution in [3.05, 3.63) is 23.8 Å². The summed E-state index contributed by atoms with van der Waals surface area (Å²) in [7, 11) is 4.93. The normalized spacial score (nSPS) is 16.0. The number of benzene rings is 1. The Morgan fingerprint density at radius 2 is 2.00 bits per heavy atom. The number of methoxy groups -OCH3 is 3. The van der Waals surface area contributed by atoms with Gasteiger partial charge in [0, 0.05) is 31.8 Å². The molecule has 118 valence electrons. The second-order valence-electron chi connectivity index (χ2n) is 5.34. The lowest BCUT2D eigenvalue weighted by atomic mass is 10.1. The molecule has 5 nitrogen and oxygen atoms in total. The zero-order chi connectivity index (χ0) is 15.2. The van der Waals surface area contributed by atoms with Gasteiger partial charge in [0.2, 0.25) is 0 Å². The summed E-state index contributed by atoms with van der Waals surface area (Å²) in [5.41, 5.74) is 0.764. The Hall–Kier alpha value is -1.30. The molecule has 1 fully saturated rings. The van der Waals surface area contributed by atoms with Crippen LogP contribution in [0.1, 0.15) is 24.5 Å². The molecule has 1 atom stereocenters. The van der Waals surface area contributed by atoms with Gasteiger partial charge in [-0.2, -0.15) is 0 Å². The molecule has 21 heavy (non-hydrogen) atoms. The Balaban J connectivity index is 2.08. The number of ether oxygens (including phenoxy) is 3. The number of aliphatic hydroxyl groups is 1. The summed E-state index contributed by atoms with van der Waals surface area (Å²) in [6.07, 6.45) is 1.80. The second kappa shape index (κ2) is 7.64. The van der Waals surface area contributed by atoms with Crippen LogP contribution in [-0.2, 0) is 4.74 Å². The van der Waals surface area contributed by atoms with Gasteiger partial charge in [0.25, 0.3) is 0 Å². The maximum absolute atomic E-state index is 10.6. The lowest BCUT2D eigenvalue weighted by Crippen LogP contribution is -2.33. The molecule has 1 aliphatic rings. The summed E-state index contributed by atoms with van der Waals surface area (Å²) in [5, 5.41) is 10.6. The third-order valence-corrected chi connectivity index (χ3v) is 3.85. The van der Waals surface area contributed by atoms with Gasteiger partial charge >= 0.3 is 0 Å². The van der Waals surface area contributed by atoms with Crippen LogP contribution < -0.4 is 9.47 Å². The molecule has 1 N–H and O–H groups in total. The summed E-state index contributed by atoms with van der Waals surface area (Å²) in [5.74, 6) is 1.41. The van der Waals surface area contributed by atoms with Gasteiger partial charge in [-0.1, -0.05) is 0 Å². The fourth-order valence-electron chi connectivity index (χ4n) is 2.49. The summed E-state index contributed by atoms with van der Waals surface area (Å²) in [6, 6.07) is 6.07. The minimum absolute atomic E-state index is 0.575. The highest BCUT2D eigenvalue weighted by atomic mass is 16.5. The van der Waals surface area contributed by atoms with E-state index in [9.17, 15) is 5.11 Å². The maximum Gasteiger partial charge on any atom is 0.124 e. The lowest BCUT2D eigenvalue weighted by Gasteiger charge is -2.25. The van der Waals surface area contributed by atoms with Gasteiger partial charge in [-0.3, -0.25) is 4.90 Å². The van der Waals surface area contributed by atoms with Crippen LogP contribution in [0.25, 0.3) is 0 Å². The van der Waals surface area contributed by atoms with Crippen molar-refractivity contribution in [3.63, 3.8) is 0 Å². The van der Waals surface area contributed by atoms with Crippen LogP contribution >= 0.6 is 0 Å². The number of hydrogen-bond acceptors (Lipinski definition) is 5. The summed E-state index contributed by atoms with van der Waals surface area (Å²) >= 11 is 0. The highest BCUT2D eigenvalue weighted by Crippen LogP contribution is 2.33. The molecular formula is C16H25NO4. The molecule has 0 amide bonds. The molecule has 1 aliphatic carbocycles. The minimum Gasteiger partial charge on any atom is -0.497 e. The van der Waals surface area contributed by atoms with Crippen LogP contribution in [0.3, 0.4) is 0 Å². The average Bonchev–Trinajstić information content (AvgIpc) is 3.35. The average molecular weight is 295 g/mol. The maximum atomic E-state index is 10.6. The number of aliphatic hydroxyl groups excluding tert-OH is 1. The molecule has 0 aromatic heterocycles. The first kappa shape index (κ1) is 16.1. The highest BCUT2D eigenvalue weighted by Gasteiger charge is 2.30. The van der Waals surface area contributed by atoms with Crippen molar-refractivity contribution in [3.8, 4) is 11.5 Å². The molecule has 1 saturated carbocycles. The van der Waals surface area contributed by atoms with E-state index in [4.69, 9.17) is 14.2 Å². The van der Waals surface area contributed by atoms with E-state index >= 15 is 0 Å². The first-order valence-corrected chi connectivity index (χ1v) is 7.32. The van der Waals surface area contributed by atoms with Crippen LogP contribution in [-0.4, -0.2) is 57.1 Å². The molecule has 1 aromatic rings. The Kier molecular flexibility index (Phi) is 5.85. The number of hydrogen-bond donors (Lipinski definition) is 1. The van der Waals surface area contributed by atoms with Crippen molar-refractivity contribution in [2.75, 3.05) is 41.0 Å². The third-order valence-electron chi connectivity index (χ3n) is 3.85. The van der Waals surface area contributed by atoms with Gasteiger partial charge in [-0.25, -0.2) is 0 Å². The highest BCUT2D eigenvalue weighted by molar-refractivity contribution is 5.41. The van der Waals surface area contributed by atoms with Crippen LogP contribution in [0.5, 0.6) is 11.5 Å². The predicted molar refractivity (Wildman–Crippen MR) is 81.0 cm³/mol. The molecule has 2 rings (SSSR count). The van der Waals surface area contributed by atoms with E-state index in [0.717, 1.165) is 17.9 Å². The van der Waals surface area contributed by atoms with E-state index in [-0.39, 0.29) is 0 Å². The first-order chi connectivity index (χ1) is 10.2. The van der Waals surface area contributed by atoms with Crippen molar-refractivity contribution in [2.45, 2.75) is 25.0 Å². The molecule has 0 radical (unpaired) electrons. The standard InChI is InChI=1S/C16H25NO4/c1-19-9-8-17(12-4-5-12)11-15(18)14-10-13(20-2)6-7-16(14)21-3/h6-7,10,12,15,18H,4-5,8-9,11H2,1-3H3. The quantitative estimate of drug-likeness (QED) is 0.753. The van der Waals surface area contributed by atoms with Crippen molar-refractivity contribution in [1.29, 1.82) is 0 Å². The fourth-order valence-corrected chi connectivity index (χ4v) is 2.49. The molecule has 1 aromatic carbocycles. The molecular weight excluding hydrogens is 270 g/mol. The number of nitrogens with zero attached hydrogens (tertiary/aromatic N) is 1. The van der Waals surface area contributed by atoms with E-state index in [1.54, 1.807) is 21.3 Å². The Bertz CT molecular complexity index is 448. The van der Waals surface area contributed by atoms with Gasteiger partial charge in [-0.05, 0) is 31.0 Å². The van der Waals surface area contributed by atoms with Crippen LogP contribution in [0.2, 0.25) is 0 Å². The molecule has 0 heterocycles. The molecule has 0 spiro atoms. The summed E-state index contributed by atoms with van der Waals surface area (Å²) < 4.78 is 15.7. The zero-order valence-electron chi connectivity index (χ0n) is 13.0. The topological polar surface area (TPSA) is 51.2 Å². The lowest BCUT2D eigenvalue weighted by molar-refractivity contribution is 0.0831. The van der Waals surface area contributed by atoms with Crippen molar-refractivity contribution in [2.24, 2.45) is 0 Å². The van der Waals surface area contributed by atoms with Crippen LogP contribution in [0, 0.1) is 0 Å². The van der Waals surface area contributed by atoms with E-state index in [0.29, 0.717) is 24.9 Å². The molecule has 0 saturated heterocycles. The SMILES string of the molecule is COCCN(CC(O)c1cc(OC)ccc1OC)C1CC1. The minimum atomic E-state index is -0.604. The summed E-state index contributed by atoms with van der Waals surface area (Å²) in [4.78, 5) is 2.28. The Morgan fingerprint density at radius 3 is 2.57 bits per heavy atom. The first-order valence-electron chi connectivity index (χ1n) is 7.32. The fraction of sp³-hybridized carbons (Fsp3) is 0.625. The van der Waals surface area contributed by atoms with E-state index in [2.05, 4.69) is 4.90 Å². The van der Waals surface area contributed by atoms with E-state index in [1.165, 1.54) is 12.8 Å². The van der Waals surface area contributed by atoms with Gasteiger partial charge < -0.3 is 19.3 Å². The predicted octanol–water partition coefficient (Wildman–Crippen LogP) is 1.85. The van der Waals surface area contributed by atoms with Crippen LogP contribution in [0.15, 0.2) is 18.2 Å². The summed E-state index contributed by atoms with van der Waals surface area (Å²) in [6.45, 7) is 2.10. The van der Waals surface area contributed by atoms with E-state index < -0.39 is 6.10 Å². The Labute approximate surface area is 126 Å². The van der Waals surface area contributed by atoms with Gasteiger partial charge in [0.1, 0.15) is 11.5 Å². The zero-order valence-corrected chi connectivity index (χ0v) is 13.0.